The number of ether oxygens (including phenoxy) is 1. The van der Waals surface area contributed by atoms with Gasteiger partial charge < -0.3 is 19.5 Å². The lowest BCUT2D eigenvalue weighted by atomic mass is 9.88. The van der Waals surface area contributed by atoms with Gasteiger partial charge in [-0.1, -0.05) is 17.8 Å². The van der Waals surface area contributed by atoms with Crippen LogP contribution in [0.15, 0.2) is 29.8 Å². The first-order chi connectivity index (χ1) is 13.0. The average Bonchev–Trinajstić information content (AvgIpc) is 3.22. The minimum Gasteiger partial charge on any atom is -0.365 e. The number of hydrogen-bond donors (Lipinski definition) is 1. The van der Waals surface area contributed by atoms with Crippen LogP contribution in [0.3, 0.4) is 0 Å². The van der Waals surface area contributed by atoms with Crippen molar-refractivity contribution >= 4 is 11.8 Å². The van der Waals surface area contributed by atoms with Gasteiger partial charge in [0.25, 0.3) is 0 Å². The molecule has 3 aliphatic rings. The van der Waals surface area contributed by atoms with Crippen molar-refractivity contribution in [2.45, 2.75) is 63.6 Å². The van der Waals surface area contributed by atoms with Gasteiger partial charge in [-0.15, -0.1) is 0 Å². The number of aromatic amines is 1. The maximum absolute atomic E-state index is 6.29. The Morgan fingerprint density at radius 2 is 2.26 bits per heavy atom. The lowest BCUT2D eigenvalue weighted by Gasteiger charge is -2.36. The molecule has 2 aliphatic heterocycles. The largest absolute Gasteiger partial charge is 0.365 e. The molecule has 1 aliphatic carbocycles. The molecular weight excluding hydrogens is 338 g/mol. The van der Waals surface area contributed by atoms with Crippen LogP contribution in [0.5, 0.6) is 0 Å². The minimum absolute atomic E-state index is 0.0321. The molecule has 1 N–H and O–H groups in total. The van der Waals surface area contributed by atoms with Gasteiger partial charge in [0.05, 0.1) is 17.4 Å². The molecule has 3 heterocycles. The smallest absolute Gasteiger partial charge is 0.128 e. The highest BCUT2D eigenvalue weighted by Crippen LogP contribution is 2.37. The van der Waals surface area contributed by atoms with Crippen molar-refractivity contribution in [1.29, 1.82) is 0 Å². The molecule has 0 amide bonds. The summed E-state index contributed by atoms with van der Waals surface area (Å²) in [5.41, 5.74) is 5.05. The van der Waals surface area contributed by atoms with Crippen LogP contribution in [0.1, 0.15) is 55.8 Å². The molecule has 146 valence electrons. The number of aryl methyl sites for hydroxylation is 1. The number of allylic oxidation sites excluding steroid dienone is 2. The molecule has 0 radical (unpaired) electrons. The lowest BCUT2D eigenvalue weighted by Crippen LogP contribution is -2.42. The molecule has 2 saturated heterocycles. The molecule has 27 heavy (non-hydrogen) atoms. The Kier molecular flexibility index (Phi) is 5.24. The van der Waals surface area contributed by atoms with Crippen molar-refractivity contribution in [3.8, 4) is 0 Å². The first-order valence-electron chi connectivity index (χ1n) is 10.2. The van der Waals surface area contributed by atoms with Gasteiger partial charge in [0.15, 0.2) is 0 Å². The van der Waals surface area contributed by atoms with Crippen molar-refractivity contribution in [2.24, 2.45) is 5.16 Å². The van der Waals surface area contributed by atoms with E-state index >= 15 is 0 Å². The highest BCUT2D eigenvalue weighted by atomic mass is 16.6. The van der Waals surface area contributed by atoms with Gasteiger partial charge in [-0.25, -0.2) is 0 Å². The van der Waals surface area contributed by atoms with E-state index in [9.17, 15) is 0 Å². The zero-order valence-electron chi connectivity index (χ0n) is 16.6. The number of H-pyrrole nitrogens is 1. The normalized spacial score (nSPS) is 25.9. The van der Waals surface area contributed by atoms with Crippen LogP contribution in [0.25, 0.3) is 6.08 Å². The van der Waals surface area contributed by atoms with Gasteiger partial charge in [-0.3, -0.25) is 0 Å². The third-order valence-electron chi connectivity index (χ3n) is 6.22. The predicted octanol–water partition coefficient (Wildman–Crippen LogP) is 4.07. The first kappa shape index (κ1) is 18.5. The van der Waals surface area contributed by atoms with Crippen LogP contribution in [0, 0.1) is 0 Å². The topological polar surface area (TPSA) is 49.8 Å². The van der Waals surface area contributed by atoms with Crippen LogP contribution in [-0.4, -0.2) is 47.4 Å². The number of rotatable bonds is 5. The maximum Gasteiger partial charge on any atom is 0.128 e. The van der Waals surface area contributed by atoms with Crippen molar-refractivity contribution in [3.05, 3.63) is 41.4 Å². The van der Waals surface area contributed by atoms with Gasteiger partial charge in [0.2, 0.25) is 0 Å². The Morgan fingerprint density at radius 1 is 1.44 bits per heavy atom. The predicted molar refractivity (Wildman–Crippen MR) is 109 cm³/mol. The third kappa shape index (κ3) is 4.04. The van der Waals surface area contributed by atoms with Gasteiger partial charge in [0, 0.05) is 37.8 Å². The van der Waals surface area contributed by atoms with E-state index in [1.165, 1.54) is 16.8 Å². The summed E-state index contributed by atoms with van der Waals surface area (Å²) in [5, 5.41) is 4.42. The summed E-state index contributed by atoms with van der Waals surface area (Å²) in [5.74, 6) is 0.723. The van der Waals surface area contributed by atoms with Gasteiger partial charge in [0.1, 0.15) is 5.76 Å². The zero-order valence-corrected chi connectivity index (χ0v) is 16.6. The van der Waals surface area contributed by atoms with Crippen LogP contribution in [0.4, 0.5) is 0 Å². The molecule has 0 saturated carbocycles. The molecular formula is C22H31N3O2. The summed E-state index contributed by atoms with van der Waals surface area (Å²) < 4.78 is 6.29. The summed E-state index contributed by atoms with van der Waals surface area (Å²) >= 11 is 0. The summed E-state index contributed by atoms with van der Waals surface area (Å²) in [7, 11) is 2.17. The van der Waals surface area contributed by atoms with Crippen molar-refractivity contribution in [1.82, 2.24) is 9.88 Å². The fraction of sp³-hybridized carbons (Fsp3) is 0.591. The number of nitrogens with zero attached hydrogens (tertiary/aromatic N) is 2. The fourth-order valence-electron chi connectivity index (χ4n) is 4.44. The number of oxime groups is 1. The van der Waals surface area contributed by atoms with E-state index in [1.54, 1.807) is 0 Å². The van der Waals surface area contributed by atoms with Gasteiger partial charge in [-0.05, 0) is 63.3 Å². The molecule has 1 unspecified atom stereocenters. The molecule has 0 bridgehead atoms. The van der Waals surface area contributed by atoms with E-state index in [-0.39, 0.29) is 11.7 Å². The number of fused-ring (bicyclic) bond motifs is 1. The molecule has 0 aromatic carbocycles. The monoisotopic (exact) mass is 369 g/mol. The summed E-state index contributed by atoms with van der Waals surface area (Å²) in [6.45, 7) is 8.32. The SMILES string of the molecule is C=C(CCc1c[nH]c2c1CCC=C2)O/N=C1\CC2(CCN(C)CC2)OC1C. The molecule has 1 aromatic heterocycles. The molecule has 5 heteroatoms. The Hall–Kier alpha value is -1.85. The first-order valence-corrected chi connectivity index (χ1v) is 10.2. The number of piperidine rings is 1. The molecule has 1 aromatic rings. The van der Waals surface area contributed by atoms with Crippen LogP contribution in [0.2, 0.25) is 0 Å². The Labute approximate surface area is 162 Å². The molecule has 1 atom stereocenters. The van der Waals surface area contributed by atoms with E-state index in [4.69, 9.17) is 9.57 Å². The fourth-order valence-corrected chi connectivity index (χ4v) is 4.44. The molecule has 5 nitrogen and oxygen atoms in total. The molecule has 1 spiro atoms. The van der Waals surface area contributed by atoms with Gasteiger partial charge in [-0.2, -0.15) is 0 Å². The number of hydrogen-bond acceptors (Lipinski definition) is 4. The molecule has 4 rings (SSSR count). The van der Waals surface area contributed by atoms with Gasteiger partial charge >= 0.3 is 0 Å². The van der Waals surface area contributed by atoms with E-state index in [1.807, 2.05) is 0 Å². The highest BCUT2D eigenvalue weighted by Gasteiger charge is 2.44. The second-order valence-electron chi connectivity index (χ2n) is 8.28. The Morgan fingerprint density at radius 3 is 3.07 bits per heavy atom. The standard InChI is InChI=1S/C22H31N3O2/c1-16(8-9-18-15-23-20-7-5-4-6-19(18)20)27-24-21-14-22(26-17(21)2)10-12-25(3)13-11-22/h5,7,15,17,23H,1,4,6,8-14H2,2-3H3/b24-21+. The van der Waals surface area contributed by atoms with Crippen molar-refractivity contribution in [2.75, 3.05) is 20.1 Å². The second kappa shape index (κ2) is 7.64. The highest BCUT2D eigenvalue weighted by molar-refractivity contribution is 5.90. The van der Waals surface area contributed by atoms with E-state index in [2.05, 4.69) is 53.9 Å². The van der Waals surface area contributed by atoms with E-state index < -0.39 is 0 Å². The van der Waals surface area contributed by atoms with Crippen LogP contribution >= 0.6 is 0 Å². The van der Waals surface area contributed by atoms with Crippen LogP contribution in [-0.2, 0) is 22.4 Å². The Bertz CT molecular complexity index is 754. The quantitative estimate of drug-likeness (QED) is 0.629. The summed E-state index contributed by atoms with van der Waals surface area (Å²) in [6, 6.07) is 0. The van der Waals surface area contributed by atoms with E-state index in [0.29, 0.717) is 0 Å². The maximum atomic E-state index is 6.29. The lowest BCUT2D eigenvalue weighted by molar-refractivity contribution is -0.0657. The zero-order chi connectivity index (χ0) is 18.9. The average molecular weight is 370 g/mol. The Balaban J connectivity index is 1.30. The van der Waals surface area contributed by atoms with E-state index in [0.717, 1.165) is 69.5 Å². The summed E-state index contributed by atoms with van der Waals surface area (Å²) in [6.07, 6.45) is 13.5. The second-order valence-corrected chi connectivity index (χ2v) is 8.28. The molecule has 2 fully saturated rings. The third-order valence-corrected chi connectivity index (χ3v) is 6.22. The minimum atomic E-state index is -0.0346. The number of aromatic nitrogens is 1. The van der Waals surface area contributed by atoms with Crippen molar-refractivity contribution < 1.29 is 9.57 Å². The van der Waals surface area contributed by atoms with Crippen molar-refractivity contribution in [3.63, 3.8) is 0 Å². The van der Waals surface area contributed by atoms with Crippen LogP contribution < -0.4 is 0 Å². The number of nitrogens with one attached hydrogen (secondary N) is 1. The summed E-state index contributed by atoms with van der Waals surface area (Å²) in [4.78, 5) is 11.4. The number of likely N-dealkylation sites (tertiary alicyclic amines) is 1.